The minimum absolute atomic E-state index is 0.0733. The third-order valence-corrected chi connectivity index (χ3v) is 4.97. The van der Waals surface area contributed by atoms with E-state index >= 15 is 0 Å². The predicted molar refractivity (Wildman–Crippen MR) is 74.2 cm³/mol. The number of hydrogen-bond donors (Lipinski definition) is 3. The minimum Gasteiger partial charge on any atom is -0.481 e. The van der Waals surface area contributed by atoms with Crippen LogP contribution in [0.2, 0.25) is 0 Å². The average molecular weight is 283 g/mol. The van der Waals surface area contributed by atoms with Gasteiger partial charge >= 0.3 is 5.97 Å². The Morgan fingerprint density at radius 3 is 2.05 bits per heavy atom. The number of rotatable bonds is 6. The number of carbonyl (C=O) groups excluding carboxylic acids is 1. The highest BCUT2D eigenvalue weighted by Crippen LogP contribution is 2.44. The fourth-order valence-corrected chi connectivity index (χ4v) is 3.10. The van der Waals surface area contributed by atoms with Crippen molar-refractivity contribution in [3.63, 3.8) is 0 Å². The first-order valence-electron chi connectivity index (χ1n) is 7.63. The van der Waals surface area contributed by atoms with Gasteiger partial charge in [-0.1, -0.05) is 25.7 Å². The maximum Gasteiger partial charge on any atom is 0.310 e. The van der Waals surface area contributed by atoms with Crippen molar-refractivity contribution in [3.05, 3.63) is 0 Å². The molecule has 2 fully saturated rings. The van der Waals surface area contributed by atoms with Gasteiger partial charge in [0.25, 0.3) is 0 Å². The number of nitrogens with one attached hydrogen (secondary N) is 1. The largest absolute Gasteiger partial charge is 0.481 e. The number of hydrogen-bond acceptors (Lipinski definition) is 3. The van der Waals surface area contributed by atoms with E-state index in [1.54, 1.807) is 0 Å². The lowest BCUT2D eigenvalue weighted by atomic mass is 9.77. The lowest BCUT2D eigenvalue weighted by molar-refractivity contribution is -0.152. The van der Waals surface area contributed by atoms with Crippen molar-refractivity contribution in [2.45, 2.75) is 57.8 Å². The van der Waals surface area contributed by atoms with E-state index in [-0.39, 0.29) is 24.3 Å². The van der Waals surface area contributed by atoms with Crippen LogP contribution < -0.4 is 5.32 Å². The Balaban J connectivity index is 1.90. The summed E-state index contributed by atoms with van der Waals surface area (Å²) in [4.78, 5) is 23.7. The van der Waals surface area contributed by atoms with E-state index in [0.29, 0.717) is 19.4 Å². The summed E-state index contributed by atoms with van der Waals surface area (Å²) in [7, 11) is 0. The van der Waals surface area contributed by atoms with Gasteiger partial charge in [-0.15, -0.1) is 0 Å². The molecule has 0 spiro atoms. The molecule has 2 saturated carbocycles. The molecular formula is C15H25NO4. The van der Waals surface area contributed by atoms with E-state index in [1.165, 1.54) is 0 Å². The normalized spacial score (nSPS) is 23.6. The molecule has 0 saturated heterocycles. The van der Waals surface area contributed by atoms with Crippen LogP contribution in [0.3, 0.4) is 0 Å². The van der Waals surface area contributed by atoms with Crippen molar-refractivity contribution >= 4 is 11.9 Å². The standard InChI is InChI=1S/C15H25NO4/c17-11-14(7-8-14)10-16-12(18)9-15(13(19)20)5-3-1-2-4-6-15/h17H,1-11H2,(H,16,18)(H,19,20). The van der Waals surface area contributed by atoms with Gasteiger partial charge in [-0.2, -0.15) is 0 Å². The van der Waals surface area contributed by atoms with Crippen LogP contribution in [-0.2, 0) is 9.59 Å². The molecule has 114 valence electrons. The molecule has 5 heteroatoms. The Bertz CT molecular complexity index is 368. The fraction of sp³-hybridized carbons (Fsp3) is 0.867. The maximum atomic E-state index is 12.1. The zero-order valence-electron chi connectivity index (χ0n) is 12.0. The van der Waals surface area contributed by atoms with Gasteiger partial charge in [-0.05, 0) is 25.7 Å². The Morgan fingerprint density at radius 1 is 1.00 bits per heavy atom. The summed E-state index contributed by atoms with van der Waals surface area (Å²) in [6.07, 6.45) is 7.04. The maximum absolute atomic E-state index is 12.1. The van der Waals surface area contributed by atoms with Gasteiger partial charge in [0.2, 0.25) is 5.91 Å². The van der Waals surface area contributed by atoms with E-state index in [1.807, 2.05) is 0 Å². The fourth-order valence-electron chi connectivity index (χ4n) is 3.10. The topological polar surface area (TPSA) is 86.6 Å². The van der Waals surface area contributed by atoms with E-state index in [9.17, 15) is 19.8 Å². The molecule has 0 aromatic rings. The number of carboxylic acid groups (broad SMARTS) is 1. The Labute approximate surface area is 119 Å². The minimum atomic E-state index is -0.878. The van der Waals surface area contributed by atoms with Crippen molar-refractivity contribution in [2.24, 2.45) is 10.8 Å². The van der Waals surface area contributed by atoms with Gasteiger partial charge in [-0.3, -0.25) is 9.59 Å². The van der Waals surface area contributed by atoms with Crippen LogP contribution in [0.5, 0.6) is 0 Å². The second-order valence-corrected chi connectivity index (χ2v) is 6.61. The summed E-state index contributed by atoms with van der Waals surface area (Å²) in [6.45, 7) is 0.565. The van der Waals surface area contributed by atoms with E-state index in [4.69, 9.17) is 0 Å². The zero-order valence-corrected chi connectivity index (χ0v) is 12.0. The van der Waals surface area contributed by atoms with E-state index < -0.39 is 11.4 Å². The number of aliphatic hydroxyl groups is 1. The summed E-state index contributed by atoms with van der Waals surface area (Å²) in [5.74, 6) is -1.02. The smallest absolute Gasteiger partial charge is 0.310 e. The molecule has 20 heavy (non-hydrogen) atoms. The molecule has 2 rings (SSSR count). The van der Waals surface area contributed by atoms with Crippen LogP contribution >= 0.6 is 0 Å². The highest BCUT2D eigenvalue weighted by Gasteiger charge is 2.44. The third-order valence-electron chi connectivity index (χ3n) is 4.97. The van der Waals surface area contributed by atoms with Gasteiger partial charge in [0.15, 0.2) is 0 Å². The summed E-state index contributed by atoms with van der Waals surface area (Å²) in [5.41, 5.74) is -1.01. The molecule has 5 nitrogen and oxygen atoms in total. The molecule has 0 radical (unpaired) electrons. The lowest BCUT2D eigenvalue weighted by Gasteiger charge is -2.27. The number of aliphatic carboxylic acids is 1. The first kappa shape index (κ1) is 15.3. The average Bonchev–Trinajstić information content (AvgIpc) is 3.21. The van der Waals surface area contributed by atoms with Gasteiger partial charge in [0.05, 0.1) is 12.0 Å². The summed E-state index contributed by atoms with van der Waals surface area (Å²) < 4.78 is 0. The van der Waals surface area contributed by atoms with Crippen LogP contribution in [0.1, 0.15) is 57.8 Å². The first-order chi connectivity index (χ1) is 9.52. The quantitative estimate of drug-likeness (QED) is 0.647. The molecule has 0 aromatic carbocycles. The number of aliphatic hydroxyl groups excluding tert-OH is 1. The number of amides is 1. The van der Waals surface area contributed by atoms with Gasteiger partial charge < -0.3 is 15.5 Å². The zero-order chi connectivity index (χ0) is 14.6. The van der Waals surface area contributed by atoms with E-state index in [2.05, 4.69) is 5.32 Å². The molecule has 2 aliphatic carbocycles. The Kier molecular flexibility index (Phi) is 4.68. The van der Waals surface area contributed by atoms with E-state index in [0.717, 1.165) is 38.5 Å². The second kappa shape index (κ2) is 6.12. The van der Waals surface area contributed by atoms with Crippen molar-refractivity contribution < 1.29 is 19.8 Å². The molecule has 0 aromatic heterocycles. The highest BCUT2D eigenvalue weighted by atomic mass is 16.4. The monoisotopic (exact) mass is 283 g/mol. The molecule has 3 N–H and O–H groups in total. The summed E-state index contributed by atoms with van der Waals surface area (Å²) >= 11 is 0. The third kappa shape index (κ3) is 3.51. The lowest BCUT2D eigenvalue weighted by Crippen LogP contribution is -2.39. The van der Waals surface area contributed by atoms with Crippen LogP contribution in [0.4, 0.5) is 0 Å². The highest BCUT2D eigenvalue weighted by molar-refractivity contribution is 5.85. The molecule has 1 amide bonds. The van der Waals surface area contributed by atoms with Crippen molar-refractivity contribution in [3.8, 4) is 0 Å². The molecule has 0 unspecified atom stereocenters. The predicted octanol–water partition coefficient (Wildman–Crippen LogP) is 1.69. The van der Waals surface area contributed by atoms with Crippen LogP contribution in [-0.4, -0.2) is 35.2 Å². The van der Waals surface area contributed by atoms with Crippen molar-refractivity contribution in [1.82, 2.24) is 5.32 Å². The number of carboxylic acids is 1. The first-order valence-corrected chi connectivity index (χ1v) is 7.63. The van der Waals surface area contributed by atoms with Gasteiger partial charge in [0.1, 0.15) is 0 Å². The Morgan fingerprint density at radius 2 is 1.60 bits per heavy atom. The summed E-state index contributed by atoms with van der Waals surface area (Å²) in [5, 5.41) is 21.6. The van der Waals surface area contributed by atoms with Gasteiger partial charge in [0, 0.05) is 18.4 Å². The number of carbonyl (C=O) groups is 2. The molecule has 0 atom stereocenters. The molecule has 0 bridgehead atoms. The SMILES string of the molecule is O=C(CC1(C(=O)O)CCCCCC1)NCC1(CO)CC1. The van der Waals surface area contributed by atoms with Gasteiger partial charge in [-0.25, -0.2) is 0 Å². The summed E-state index contributed by atoms with van der Waals surface area (Å²) in [6, 6.07) is 0. The van der Waals surface area contributed by atoms with Crippen molar-refractivity contribution in [1.29, 1.82) is 0 Å². The van der Waals surface area contributed by atoms with Crippen LogP contribution in [0, 0.1) is 10.8 Å². The molecule has 0 aliphatic heterocycles. The molecular weight excluding hydrogens is 258 g/mol. The molecule has 2 aliphatic rings. The van der Waals surface area contributed by atoms with Crippen LogP contribution in [0.15, 0.2) is 0 Å². The van der Waals surface area contributed by atoms with Crippen molar-refractivity contribution in [2.75, 3.05) is 13.2 Å². The van der Waals surface area contributed by atoms with Crippen LogP contribution in [0.25, 0.3) is 0 Å². The second-order valence-electron chi connectivity index (χ2n) is 6.61. The Hall–Kier alpha value is -1.10. The molecule has 0 heterocycles.